The van der Waals surface area contributed by atoms with Crippen LogP contribution in [0.2, 0.25) is 0 Å². The quantitative estimate of drug-likeness (QED) is 0.549. The molecule has 0 radical (unpaired) electrons. The summed E-state index contributed by atoms with van der Waals surface area (Å²) in [7, 11) is 0. The Morgan fingerprint density at radius 3 is 2.75 bits per heavy atom. The number of aromatic carboxylic acids is 1. The largest absolute Gasteiger partial charge is 0.478 e. The highest BCUT2D eigenvalue weighted by atomic mass is 19.1. The first-order valence-electron chi connectivity index (χ1n) is 6.86. The van der Waals surface area contributed by atoms with Crippen molar-refractivity contribution in [1.29, 1.82) is 0 Å². The zero-order valence-corrected chi connectivity index (χ0v) is 11.4. The Labute approximate surface area is 117 Å². The molecular weight excluding hydrogens is 261 g/mol. The molecule has 0 aromatic heterocycles. The minimum atomic E-state index is -1.31. The van der Waals surface area contributed by atoms with Crippen molar-refractivity contribution in [3.8, 4) is 0 Å². The van der Waals surface area contributed by atoms with E-state index in [1.54, 1.807) is 0 Å². The minimum Gasteiger partial charge on any atom is -0.478 e. The summed E-state index contributed by atoms with van der Waals surface area (Å²) in [4.78, 5) is 13.2. The normalized spacial score (nSPS) is 15.4. The standard InChI is InChI=1S/C14H20FN3O2/c15-11-9-13(12(16)8-10(11)14(19)20)17-4-3-7-18-5-1-2-6-18/h8-9,17H,1-7,16H2,(H,19,20). The maximum absolute atomic E-state index is 13.6. The Hall–Kier alpha value is -1.82. The molecular formula is C14H20FN3O2. The van der Waals surface area contributed by atoms with Crippen LogP contribution in [0.25, 0.3) is 0 Å². The van der Waals surface area contributed by atoms with Crippen LogP contribution in [-0.2, 0) is 0 Å². The fourth-order valence-corrected chi connectivity index (χ4v) is 2.44. The van der Waals surface area contributed by atoms with Gasteiger partial charge in [-0.3, -0.25) is 0 Å². The number of carboxylic acid groups (broad SMARTS) is 1. The maximum Gasteiger partial charge on any atom is 0.338 e. The molecule has 1 aliphatic heterocycles. The van der Waals surface area contributed by atoms with Crippen LogP contribution < -0.4 is 11.1 Å². The number of rotatable bonds is 6. The van der Waals surface area contributed by atoms with Gasteiger partial charge in [-0.25, -0.2) is 9.18 Å². The molecule has 20 heavy (non-hydrogen) atoms. The summed E-state index contributed by atoms with van der Waals surface area (Å²) >= 11 is 0. The topological polar surface area (TPSA) is 78.6 Å². The zero-order chi connectivity index (χ0) is 14.5. The Balaban J connectivity index is 1.86. The molecule has 6 heteroatoms. The van der Waals surface area contributed by atoms with Gasteiger partial charge in [0.15, 0.2) is 0 Å². The summed E-state index contributed by atoms with van der Waals surface area (Å²) in [6, 6.07) is 2.30. The first-order chi connectivity index (χ1) is 9.58. The lowest BCUT2D eigenvalue weighted by atomic mass is 10.1. The van der Waals surface area contributed by atoms with Crippen molar-refractivity contribution >= 4 is 17.3 Å². The molecule has 0 amide bonds. The molecule has 0 saturated carbocycles. The lowest BCUT2D eigenvalue weighted by Crippen LogP contribution is -2.22. The molecule has 1 saturated heterocycles. The summed E-state index contributed by atoms with van der Waals surface area (Å²) in [6.45, 7) is 4.02. The summed E-state index contributed by atoms with van der Waals surface area (Å²) in [5.74, 6) is -2.08. The molecule has 1 fully saturated rings. The van der Waals surface area contributed by atoms with Crippen molar-refractivity contribution in [2.45, 2.75) is 19.3 Å². The minimum absolute atomic E-state index is 0.255. The average Bonchev–Trinajstić information content (AvgIpc) is 2.90. The van der Waals surface area contributed by atoms with Crippen molar-refractivity contribution in [2.75, 3.05) is 37.2 Å². The molecule has 1 aromatic carbocycles. The van der Waals surface area contributed by atoms with Gasteiger partial charge in [-0.2, -0.15) is 0 Å². The van der Waals surface area contributed by atoms with Gasteiger partial charge in [-0.05, 0) is 51.0 Å². The zero-order valence-electron chi connectivity index (χ0n) is 11.4. The van der Waals surface area contributed by atoms with Gasteiger partial charge in [-0.15, -0.1) is 0 Å². The number of nitrogens with one attached hydrogen (secondary N) is 1. The van der Waals surface area contributed by atoms with Crippen molar-refractivity contribution in [1.82, 2.24) is 4.90 Å². The van der Waals surface area contributed by atoms with Crippen LogP contribution >= 0.6 is 0 Å². The molecule has 1 aromatic rings. The molecule has 0 aliphatic carbocycles. The number of likely N-dealkylation sites (tertiary alicyclic amines) is 1. The number of nitrogens with zero attached hydrogens (tertiary/aromatic N) is 1. The molecule has 110 valence electrons. The molecule has 1 heterocycles. The number of hydrogen-bond donors (Lipinski definition) is 3. The monoisotopic (exact) mass is 281 g/mol. The Morgan fingerprint density at radius 1 is 1.40 bits per heavy atom. The second-order valence-electron chi connectivity index (χ2n) is 5.05. The molecule has 1 aliphatic rings. The van der Waals surface area contributed by atoms with Crippen LogP contribution in [0.5, 0.6) is 0 Å². The maximum atomic E-state index is 13.6. The predicted molar refractivity (Wildman–Crippen MR) is 76.6 cm³/mol. The third-order valence-electron chi connectivity index (χ3n) is 3.53. The van der Waals surface area contributed by atoms with Crippen molar-refractivity contribution in [2.24, 2.45) is 0 Å². The highest BCUT2D eigenvalue weighted by Gasteiger charge is 2.14. The van der Waals surface area contributed by atoms with E-state index in [-0.39, 0.29) is 5.69 Å². The van der Waals surface area contributed by atoms with Gasteiger partial charge >= 0.3 is 5.97 Å². The second-order valence-corrected chi connectivity index (χ2v) is 5.05. The smallest absolute Gasteiger partial charge is 0.338 e. The summed E-state index contributed by atoms with van der Waals surface area (Å²) in [5.41, 5.74) is 6.04. The van der Waals surface area contributed by atoms with Crippen LogP contribution in [0.15, 0.2) is 12.1 Å². The van der Waals surface area contributed by atoms with Crippen molar-refractivity contribution < 1.29 is 14.3 Å². The number of halogens is 1. The van der Waals surface area contributed by atoms with Crippen LogP contribution in [0, 0.1) is 5.82 Å². The number of hydrogen-bond acceptors (Lipinski definition) is 4. The van der Waals surface area contributed by atoms with Gasteiger partial charge in [-0.1, -0.05) is 0 Å². The first kappa shape index (κ1) is 14.6. The molecule has 4 N–H and O–H groups in total. The highest BCUT2D eigenvalue weighted by molar-refractivity contribution is 5.90. The van der Waals surface area contributed by atoms with Gasteiger partial charge in [0.1, 0.15) is 5.82 Å². The number of carbonyl (C=O) groups is 1. The fraction of sp³-hybridized carbons (Fsp3) is 0.500. The van der Waals surface area contributed by atoms with Gasteiger partial charge < -0.3 is 21.1 Å². The third kappa shape index (κ3) is 3.60. The van der Waals surface area contributed by atoms with E-state index in [2.05, 4.69) is 10.2 Å². The van der Waals surface area contributed by atoms with E-state index in [9.17, 15) is 9.18 Å². The summed E-state index contributed by atoms with van der Waals surface area (Å²) < 4.78 is 13.6. The number of benzene rings is 1. The van der Waals surface area contributed by atoms with Crippen molar-refractivity contribution in [3.05, 3.63) is 23.5 Å². The number of nitrogen functional groups attached to an aromatic ring is 1. The fourth-order valence-electron chi connectivity index (χ4n) is 2.44. The lowest BCUT2D eigenvalue weighted by molar-refractivity contribution is 0.0692. The van der Waals surface area contributed by atoms with Crippen LogP contribution in [0.1, 0.15) is 29.6 Å². The van der Waals surface area contributed by atoms with E-state index < -0.39 is 17.3 Å². The molecule has 0 unspecified atom stereocenters. The molecule has 5 nitrogen and oxygen atoms in total. The van der Waals surface area contributed by atoms with Gasteiger partial charge in [0, 0.05) is 6.54 Å². The van der Waals surface area contributed by atoms with Crippen LogP contribution in [-0.4, -0.2) is 42.2 Å². The Kier molecular flexibility index (Phi) is 4.79. The van der Waals surface area contributed by atoms with E-state index in [4.69, 9.17) is 10.8 Å². The van der Waals surface area contributed by atoms with Gasteiger partial charge in [0.25, 0.3) is 0 Å². The lowest BCUT2D eigenvalue weighted by Gasteiger charge is -2.15. The van der Waals surface area contributed by atoms with E-state index in [1.165, 1.54) is 12.8 Å². The predicted octanol–water partition coefficient (Wildman–Crippen LogP) is 2.00. The second kappa shape index (κ2) is 6.56. The SMILES string of the molecule is Nc1cc(C(=O)O)c(F)cc1NCCCN1CCCC1. The first-order valence-corrected chi connectivity index (χ1v) is 6.86. The van der Waals surface area contributed by atoms with E-state index >= 15 is 0 Å². The summed E-state index contributed by atoms with van der Waals surface area (Å²) in [5, 5.41) is 11.9. The molecule has 0 spiro atoms. The number of anilines is 2. The van der Waals surface area contributed by atoms with Crippen LogP contribution in [0.3, 0.4) is 0 Å². The van der Waals surface area contributed by atoms with Gasteiger partial charge in [0.05, 0.1) is 16.9 Å². The number of nitrogens with two attached hydrogens (primary N) is 1. The molecule has 0 atom stereocenters. The molecule has 2 rings (SSSR count). The van der Waals surface area contributed by atoms with Gasteiger partial charge in [0.2, 0.25) is 0 Å². The average molecular weight is 281 g/mol. The Bertz CT molecular complexity index is 488. The Morgan fingerprint density at radius 2 is 2.10 bits per heavy atom. The van der Waals surface area contributed by atoms with E-state index in [0.717, 1.165) is 38.2 Å². The van der Waals surface area contributed by atoms with Crippen LogP contribution in [0.4, 0.5) is 15.8 Å². The van der Waals surface area contributed by atoms with E-state index in [1.807, 2.05) is 0 Å². The van der Waals surface area contributed by atoms with Crippen molar-refractivity contribution in [3.63, 3.8) is 0 Å². The highest BCUT2D eigenvalue weighted by Crippen LogP contribution is 2.23. The summed E-state index contributed by atoms with van der Waals surface area (Å²) in [6.07, 6.45) is 3.48. The van der Waals surface area contributed by atoms with E-state index in [0.29, 0.717) is 12.2 Å². The molecule has 0 bridgehead atoms. The number of carboxylic acids is 1. The third-order valence-corrected chi connectivity index (χ3v) is 3.53.